The van der Waals surface area contributed by atoms with Gasteiger partial charge in [-0.2, -0.15) is 0 Å². The van der Waals surface area contributed by atoms with Crippen LogP contribution in [0.5, 0.6) is 0 Å². The van der Waals surface area contributed by atoms with Crippen molar-refractivity contribution in [1.82, 2.24) is 0 Å². The molecule has 0 amide bonds. The van der Waals surface area contributed by atoms with Crippen LogP contribution >= 0.6 is 15.6 Å². The molecule has 99 heavy (non-hydrogen) atoms. The molecule has 6 atom stereocenters. The topological polar surface area (TPSA) is 237 Å². The van der Waals surface area contributed by atoms with Crippen LogP contribution in [-0.4, -0.2) is 96.7 Å². The number of aliphatic hydroxyl groups excluding tert-OH is 1. The Balaban J connectivity index is 5.21. The fourth-order valence-corrected chi connectivity index (χ4v) is 13.9. The first kappa shape index (κ1) is 97.1. The highest BCUT2D eigenvalue weighted by Crippen LogP contribution is 2.45. The van der Waals surface area contributed by atoms with Gasteiger partial charge in [0.15, 0.2) is 12.2 Å². The fourth-order valence-electron chi connectivity index (χ4n) is 12.3. The molecule has 0 aliphatic heterocycles. The molecule has 0 saturated heterocycles. The van der Waals surface area contributed by atoms with E-state index >= 15 is 0 Å². The second-order valence-corrected chi connectivity index (χ2v) is 32.4. The third kappa shape index (κ3) is 72.8. The summed E-state index contributed by atoms with van der Waals surface area (Å²) in [4.78, 5) is 72.9. The van der Waals surface area contributed by atoms with Crippen molar-refractivity contribution in [2.45, 2.75) is 439 Å². The Labute approximate surface area is 607 Å². The van der Waals surface area contributed by atoms with Crippen molar-refractivity contribution < 1.29 is 80.2 Å². The van der Waals surface area contributed by atoms with E-state index in [1.54, 1.807) is 0 Å². The summed E-state index contributed by atoms with van der Waals surface area (Å²) in [5, 5.41) is 10.6. The number of phosphoric acid groups is 2. The lowest BCUT2D eigenvalue weighted by molar-refractivity contribution is -0.161. The molecule has 0 heterocycles. The molecule has 0 aromatic heterocycles. The minimum absolute atomic E-state index is 0.106. The zero-order valence-electron chi connectivity index (χ0n) is 64.8. The first-order valence-electron chi connectivity index (χ1n) is 41.5. The number of phosphoric ester groups is 2. The molecule has 0 saturated carbocycles. The van der Waals surface area contributed by atoms with E-state index in [2.05, 4.69) is 41.5 Å². The van der Waals surface area contributed by atoms with Crippen molar-refractivity contribution in [3.8, 4) is 0 Å². The van der Waals surface area contributed by atoms with E-state index in [0.29, 0.717) is 25.7 Å². The molecule has 0 aliphatic carbocycles. The third-order valence-corrected chi connectivity index (χ3v) is 21.0. The average molecular weight is 1450 g/mol. The molecule has 588 valence electrons. The lowest BCUT2D eigenvalue weighted by Crippen LogP contribution is -2.30. The van der Waals surface area contributed by atoms with Crippen molar-refractivity contribution in [1.29, 1.82) is 0 Å². The van der Waals surface area contributed by atoms with Crippen molar-refractivity contribution in [2.75, 3.05) is 39.6 Å². The zero-order valence-corrected chi connectivity index (χ0v) is 66.6. The van der Waals surface area contributed by atoms with E-state index in [-0.39, 0.29) is 25.7 Å². The number of hydrogen-bond acceptors (Lipinski definition) is 15. The van der Waals surface area contributed by atoms with Gasteiger partial charge >= 0.3 is 39.5 Å². The van der Waals surface area contributed by atoms with Crippen molar-refractivity contribution >= 4 is 39.5 Å². The van der Waals surface area contributed by atoms with Gasteiger partial charge in [0.25, 0.3) is 0 Å². The van der Waals surface area contributed by atoms with Gasteiger partial charge in [-0.1, -0.05) is 369 Å². The monoisotopic (exact) mass is 1450 g/mol. The second-order valence-electron chi connectivity index (χ2n) is 29.5. The molecule has 0 bridgehead atoms. The average Bonchev–Trinajstić information content (AvgIpc) is 1.04. The van der Waals surface area contributed by atoms with Crippen LogP contribution in [0.4, 0.5) is 0 Å². The molecule has 0 aromatic rings. The smallest absolute Gasteiger partial charge is 0.462 e. The summed E-state index contributed by atoms with van der Waals surface area (Å²) in [5.41, 5.74) is 0. The summed E-state index contributed by atoms with van der Waals surface area (Å²) in [6.07, 6.45) is 61.0. The van der Waals surface area contributed by atoms with Gasteiger partial charge in [0.05, 0.1) is 26.4 Å². The number of ether oxygens (including phenoxy) is 4. The highest BCUT2D eigenvalue weighted by Gasteiger charge is 2.30. The van der Waals surface area contributed by atoms with E-state index in [0.717, 1.165) is 102 Å². The summed E-state index contributed by atoms with van der Waals surface area (Å²) in [5.74, 6) is -0.502. The Morgan fingerprint density at radius 2 is 0.515 bits per heavy atom. The van der Waals surface area contributed by atoms with Gasteiger partial charge in [0, 0.05) is 25.7 Å². The Morgan fingerprint density at radius 3 is 0.768 bits per heavy atom. The van der Waals surface area contributed by atoms with Gasteiger partial charge in [-0.05, 0) is 37.5 Å². The van der Waals surface area contributed by atoms with Gasteiger partial charge in [0.2, 0.25) is 0 Å². The van der Waals surface area contributed by atoms with E-state index in [9.17, 15) is 43.2 Å². The number of esters is 4. The standard InChI is InChI=1S/C80H156O17P2/c1-7-10-12-14-16-18-20-21-29-33-39-45-51-57-63-78(83)91-68-75(96-79(84)64-58-52-46-40-34-30-27-25-23-22-24-26-28-32-37-43-49-55-61-73(6)9-3)70-94-98(86,87)92-66-74(81)67-93-99(88,89)95-71-76(69-90-77(82)62-56-50-44-38-31-19-17-15-13-11-8-2)97-80(85)65-59-53-47-41-35-36-42-48-54-60-72(4)5/h72-76,81H,7-71H2,1-6H3,(H,86,87)(H,88,89)/t73?,74-,75-,76-/m1/s1. The van der Waals surface area contributed by atoms with E-state index in [1.165, 1.54) is 238 Å². The Hall–Kier alpha value is -1.94. The van der Waals surface area contributed by atoms with Crippen LogP contribution in [0.25, 0.3) is 0 Å². The largest absolute Gasteiger partial charge is 0.472 e. The number of rotatable bonds is 79. The highest BCUT2D eigenvalue weighted by atomic mass is 31.2. The van der Waals surface area contributed by atoms with Gasteiger partial charge in [0.1, 0.15) is 19.3 Å². The molecule has 0 radical (unpaired) electrons. The summed E-state index contributed by atoms with van der Waals surface area (Å²) in [6.45, 7) is 9.67. The molecule has 3 N–H and O–H groups in total. The van der Waals surface area contributed by atoms with Gasteiger partial charge < -0.3 is 33.8 Å². The summed E-state index contributed by atoms with van der Waals surface area (Å²) >= 11 is 0. The Kier molecular flexibility index (Phi) is 70.3. The van der Waals surface area contributed by atoms with Crippen molar-refractivity contribution in [3.63, 3.8) is 0 Å². The SMILES string of the molecule is CCCCCCCCCCCCCCCCC(=O)OC[C@H](COP(=O)(O)OC[C@@H](O)COP(=O)(O)OC[C@@H](COC(=O)CCCCCCCCCCCCC)OC(=O)CCCCCCCCCCCC(C)C)OC(=O)CCCCCCCCCCCCCCCCCCCCC(C)CC. The molecule has 0 aliphatic rings. The van der Waals surface area contributed by atoms with Crippen LogP contribution in [0.2, 0.25) is 0 Å². The van der Waals surface area contributed by atoms with Crippen LogP contribution in [-0.2, 0) is 65.4 Å². The Bertz CT molecular complexity index is 1910. The molecule has 0 fully saturated rings. The number of unbranched alkanes of at least 4 members (excludes halogenated alkanes) is 48. The lowest BCUT2D eigenvalue weighted by Gasteiger charge is -2.21. The normalized spacial score (nSPS) is 14.2. The van der Waals surface area contributed by atoms with Gasteiger partial charge in [-0.3, -0.25) is 37.3 Å². The van der Waals surface area contributed by atoms with Gasteiger partial charge in [-0.15, -0.1) is 0 Å². The molecule has 19 heteroatoms. The quantitative estimate of drug-likeness (QED) is 0.0222. The fraction of sp³-hybridized carbons (Fsp3) is 0.950. The summed E-state index contributed by atoms with van der Waals surface area (Å²) in [6, 6.07) is 0. The molecular weight excluding hydrogens is 1290 g/mol. The first-order valence-corrected chi connectivity index (χ1v) is 44.5. The second kappa shape index (κ2) is 71.7. The number of carbonyl (C=O) groups is 4. The van der Waals surface area contributed by atoms with Crippen LogP contribution < -0.4 is 0 Å². The first-order chi connectivity index (χ1) is 47.9. The van der Waals surface area contributed by atoms with Crippen molar-refractivity contribution in [2.24, 2.45) is 11.8 Å². The van der Waals surface area contributed by atoms with E-state index in [4.69, 9.17) is 37.0 Å². The number of carbonyl (C=O) groups excluding carboxylic acids is 4. The van der Waals surface area contributed by atoms with Crippen LogP contribution in [0.15, 0.2) is 0 Å². The third-order valence-electron chi connectivity index (χ3n) is 19.1. The van der Waals surface area contributed by atoms with E-state index < -0.39 is 97.5 Å². The van der Waals surface area contributed by atoms with Crippen LogP contribution in [0.3, 0.4) is 0 Å². The van der Waals surface area contributed by atoms with Gasteiger partial charge in [-0.25, -0.2) is 9.13 Å². The molecule has 0 spiro atoms. The summed E-state index contributed by atoms with van der Waals surface area (Å²) < 4.78 is 68.6. The maximum absolute atomic E-state index is 13.1. The maximum atomic E-state index is 13.1. The highest BCUT2D eigenvalue weighted by molar-refractivity contribution is 7.47. The predicted molar refractivity (Wildman–Crippen MR) is 405 cm³/mol. The summed E-state index contributed by atoms with van der Waals surface area (Å²) in [7, 11) is -9.92. The molecule has 3 unspecified atom stereocenters. The predicted octanol–water partition coefficient (Wildman–Crippen LogP) is 23.9. The van der Waals surface area contributed by atoms with Crippen LogP contribution in [0, 0.1) is 11.8 Å². The maximum Gasteiger partial charge on any atom is 0.472 e. The van der Waals surface area contributed by atoms with Crippen LogP contribution in [0.1, 0.15) is 420 Å². The Morgan fingerprint density at radius 1 is 0.293 bits per heavy atom. The molecule has 0 aromatic carbocycles. The number of aliphatic hydroxyl groups is 1. The molecule has 0 rings (SSSR count). The minimum atomic E-state index is -4.96. The minimum Gasteiger partial charge on any atom is -0.462 e. The van der Waals surface area contributed by atoms with Crippen molar-refractivity contribution in [3.05, 3.63) is 0 Å². The zero-order chi connectivity index (χ0) is 72.8. The molecule has 17 nitrogen and oxygen atoms in total. The number of hydrogen-bond donors (Lipinski definition) is 3. The van der Waals surface area contributed by atoms with E-state index in [1.807, 2.05) is 0 Å². The lowest BCUT2D eigenvalue weighted by atomic mass is 9.99. The molecular formula is C80H156O17P2.